The zero-order valence-electron chi connectivity index (χ0n) is 11.4. The SMILES string of the molecule is O=C(O)C(=O)CC(=O)c1ccc(S(=O)(=O)c2ccc(F)cc2)[nH]1. The summed E-state index contributed by atoms with van der Waals surface area (Å²) in [6.07, 6.45) is -0.883. The van der Waals surface area contributed by atoms with Crippen LogP contribution in [0, 0.1) is 5.82 Å². The Kier molecular flexibility index (Phi) is 4.41. The predicted octanol–water partition coefficient (Wildman–Crippen LogP) is 1.21. The Morgan fingerprint density at radius 2 is 1.65 bits per heavy atom. The largest absolute Gasteiger partial charge is 0.475 e. The predicted molar refractivity (Wildman–Crippen MR) is 74.2 cm³/mol. The van der Waals surface area contributed by atoms with E-state index in [2.05, 4.69) is 4.98 Å². The minimum absolute atomic E-state index is 0.179. The van der Waals surface area contributed by atoms with Gasteiger partial charge in [0.25, 0.3) is 0 Å². The van der Waals surface area contributed by atoms with Gasteiger partial charge in [0.15, 0.2) is 5.78 Å². The lowest BCUT2D eigenvalue weighted by Gasteiger charge is -2.02. The lowest BCUT2D eigenvalue weighted by Crippen LogP contribution is -2.17. The number of carbonyl (C=O) groups is 3. The van der Waals surface area contributed by atoms with Crippen molar-refractivity contribution in [2.24, 2.45) is 0 Å². The molecule has 0 unspecified atom stereocenters. The molecule has 2 aromatic rings. The van der Waals surface area contributed by atoms with Crippen molar-refractivity contribution in [2.75, 3.05) is 0 Å². The maximum Gasteiger partial charge on any atom is 0.372 e. The highest BCUT2D eigenvalue weighted by Gasteiger charge is 2.23. The van der Waals surface area contributed by atoms with E-state index < -0.39 is 39.6 Å². The second kappa shape index (κ2) is 6.13. The van der Waals surface area contributed by atoms with Crippen LogP contribution in [0.2, 0.25) is 0 Å². The van der Waals surface area contributed by atoms with Gasteiger partial charge in [0.05, 0.1) is 17.0 Å². The van der Waals surface area contributed by atoms with Crippen LogP contribution in [-0.2, 0) is 19.4 Å². The van der Waals surface area contributed by atoms with Crippen molar-refractivity contribution >= 4 is 27.4 Å². The molecule has 2 N–H and O–H groups in total. The number of hydrogen-bond acceptors (Lipinski definition) is 5. The van der Waals surface area contributed by atoms with E-state index in [0.29, 0.717) is 0 Å². The quantitative estimate of drug-likeness (QED) is 0.353. The van der Waals surface area contributed by atoms with E-state index in [1.54, 1.807) is 0 Å². The van der Waals surface area contributed by atoms with E-state index >= 15 is 0 Å². The van der Waals surface area contributed by atoms with Gasteiger partial charge in [0.2, 0.25) is 15.6 Å². The number of aliphatic carboxylic acids is 1. The number of ketones is 2. The summed E-state index contributed by atoms with van der Waals surface area (Å²) in [6.45, 7) is 0. The molecule has 0 radical (unpaired) electrons. The molecular formula is C14H10FNO6S. The number of carboxylic acids is 1. The maximum atomic E-state index is 12.8. The smallest absolute Gasteiger partial charge is 0.372 e. The summed E-state index contributed by atoms with van der Waals surface area (Å²) in [7, 11) is -3.99. The third-order valence-electron chi connectivity index (χ3n) is 2.93. The first-order valence-corrected chi connectivity index (χ1v) is 7.69. The number of benzene rings is 1. The third kappa shape index (κ3) is 3.51. The van der Waals surface area contributed by atoms with Crippen molar-refractivity contribution < 1.29 is 32.3 Å². The van der Waals surface area contributed by atoms with Crippen LogP contribution < -0.4 is 0 Å². The number of rotatable bonds is 6. The summed E-state index contributed by atoms with van der Waals surface area (Å²) < 4.78 is 37.4. The molecule has 1 aromatic carbocycles. The first-order chi connectivity index (χ1) is 10.7. The van der Waals surface area contributed by atoms with Gasteiger partial charge >= 0.3 is 5.97 Å². The molecule has 1 aromatic heterocycles. The number of carboxylic acid groups (broad SMARTS) is 1. The van der Waals surface area contributed by atoms with E-state index in [0.717, 1.165) is 36.4 Å². The van der Waals surface area contributed by atoms with Crippen LogP contribution in [0.25, 0.3) is 0 Å². The molecule has 23 heavy (non-hydrogen) atoms. The number of H-pyrrole nitrogens is 1. The molecule has 0 aliphatic carbocycles. The van der Waals surface area contributed by atoms with Crippen LogP contribution in [0.15, 0.2) is 46.3 Å². The van der Waals surface area contributed by atoms with Crippen molar-refractivity contribution in [1.29, 1.82) is 0 Å². The average Bonchev–Trinajstić information content (AvgIpc) is 2.98. The van der Waals surface area contributed by atoms with Gasteiger partial charge in [-0.05, 0) is 36.4 Å². The normalized spacial score (nSPS) is 11.2. The van der Waals surface area contributed by atoms with Crippen LogP contribution in [-0.4, -0.2) is 36.0 Å². The Balaban J connectivity index is 2.28. The fraction of sp³-hybridized carbons (Fsp3) is 0.0714. The fourth-order valence-electron chi connectivity index (χ4n) is 1.75. The molecule has 1 heterocycles. The summed E-state index contributed by atoms with van der Waals surface area (Å²) in [6, 6.07) is 6.34. The number of aromatic nitrogens is 1. The van der Waals surface area contributed by atoms with Crippen LogP contribution in [0.5, 0.6) is 0 Å². The van der Waals surface area contributed by atoms with E-state index in [-0.39, 0.29) is 15.6 Å². The Morgan fingerprint density at radius 1 is 1.04 bits per heavy atom. The topological polar surface area (TPSA) is 121 Å². The van der Waals surface area contributed by atoms with Crippen LogP contribution in [0.3, 0.4) is 0 Å². The minimum atomic E-state index is -3.99. The van der Waals surface area contributed by atoms with Gasteiger partial charge in [-0.15, -0.1) is 0 Å². The van der Waals surface area contributed by atoms with Crippen LogP contribution >= 0.6 is 0 Å². The summed E-state index contributed by atoms with van der Waals surface area (Å²) in [5, 5.41) is 8.12. The van der Waals surface area contributed by atoms with Gasteiger partial charge in [-0.3, -0.25) is 9.59 Å². The second-order valence-corrected chi connectivity index (χ2v) is 6.44. The van der Waals surface area contributed by atoms with Crippen molar-refractivity contribution in [3.63, 3.8) is 0 Å². The Bertz CT molecular complexity index is 882. The van der Waals surface area contributed by atoms with Gasteiger partial charge in [-0.1, -0.05) is 0 Å². The third-order valence-corrected chi connectivity index (χ3v) is 4.64. The fourth-order valence-corrected chi connectivity index (χ4v) is 2.99. The van der Waals surface area contributed by atoms with Crippen molar-refractivity contribution in [2.45, 2.75) is 16.3 Å². The molecule has 9 heteroatoms. The molecule has 7 nitrogen and oxygen atoms in total. The van der Waals surface area contributed by atoms with Crippen molar-refractivity contribution in [3.8, 4) is 0 Å². The summed E-state index contributed by atoms with van der Waals surface area (Å²) >= 11 is 0. The highest BCUT2D eigenvalue weighted by molar-refractivity contribution is 7.91. The van der Waals surface area contributed by atoms with Gasteiger partial charge in [0.1, 0.15) is 10.8 Å². The lowest BCUT2D eigenvalue weighted by molar-refractivity contribution is -0.148. The lowest BCUT2D eigenvalue weighted by atomic mass is 10.1. The molecule has 0 aliphatic heterocycles. The Labute approximate surface area is 129 Å². The molecule has 0 atom stereocenters. The first-order valence-electron chi connectivity index (χ1n) is 6.21. The number of nitrogens with one attached hydrogen (secondary N) is 1. The number of sulfone groups is 1. The van der Waals surface area contributed by atoms with Gasteiger partial charge in [0, 0.05) is 0 Å². The Hall–Kier alpha value is -2.81. The van der Waals surface area contributed by atoms with Gasteiger partial charge < -0.3 is 10.1 Å². The van der Waals surface area contributed by atoms with E-state index in [1.807, 2.05) is 0 Å². The zero-order valence-corrected chi connectivity index (χ0v) is 12.3. The van der Waals surface area contributed by atoms with Gasteiger partial charge in [-0.2, -0.15) is 0 Å². The summed E-state index contributed by atoms with van der Waals surface area (Å²) in [5.74, 6) is -4.49. The molecule has 0 bridgehead atoms. The highest BCUT2D eigenvalue weighted by atomic mass is 32.2. The molecule has 0 saturated heterocycles. The number of Topliss-reactive ketones (excluding diaryl/α,β-unsaturated/α-hetero) is 2. The Morgan fingerprint density at radius 3 is 2.22 bits per heavy atom. The summed E-state index contributed by atoms with van der Waals surface area (Å²) in [5.41, 5.74) is -0.208. The highest BCUT2D eigenvalue weighted by Crippen LogP contribution is 2.21. The minimum Gasteiger partial charge on any atom is -0.475 e. The molecule has 0 aliphatic rings. The molecule has 0 fully saturated rings. The van der Waals surface area contributed by atoms with E-state index in [4.69, 9.17) is 5.11 Å². The van der Waals surface area contributed by atoms with Gasteiger partial charge in [-0.25, -0.2) is 17.6 Å². The number of aromatic amines is 1. The van der Waals surface area contributed by atoms with E-state index in [1.165, 1.54) is 0 Å². The number of carbonyl (C=O) groups excluding carboxylic acids is 2. The number of halogens is 1. The van der Waals surface area contributed by atoms with Crippen molar-refractivity contribution in [1.82, 2.24) is 4.98 Å². The van der Waals surface area contributed by atoms with E-state index in [9.17, 15) is 27.2 Å². The first kappa shape index (κ1) is 16.6. The monoisotopic (exact) mass is 339 g/mol. The molecule has 0 spiro atoms. The molecule has 2 rings (SSSR count). The molecule has 0 amide bonds. The molecule has 120 valence electrons. The average molecular weight is 339 g/mol. The number of hydrogen-bond donors (Lipinski definition) is 2. The van der Waals surface area contributed by atoms with Crippen molar-refractivity contribution in [3.05, 3.63) is 47.9 Å². The second-order valence-electron chi connectivity index (χ2n) is 4.52. The van der Waals surface area contributed by atoms with Crippen LogP contribution in [0.1, 0.15) is 16.9 Å². The maximum absolute atomic E-state index is 12.8. The standard InChI is InChI=1S/C14H10FNO6S/c15-8-1-3-9(4-2-8)23(21,22)13-6-5-10(16-13)11(17)7-12(18)14(19)20/h1-6,16H,7H2,(H,19,20). The summed E-state index contributed by atoms with van der Waals surface area (Å²) in [4.78, 5) is 35.3. The van der Waals surface area contributed by atoms with Crippen LogP contribution in [0.4, 0.5) is 4.39 Å². The zero-order chi connectivity index (χ0) is 17.2. The molecule has 0 saturated carbocycles. The molecular weight excluding hydrogens is 329 g/mol.